The Hall–Kier alpha value is 0.330. The van der Waals surface area contributed by atoms with Crippen molar-refractivity contribution in [3.8, 4) is 0 Å². The molecule has 0 aromatic rings. The van der Waals surface area contributed by atoms with E-state index in [1.807, 2.05) is 0 Å². The maximum absolute atomic E-state index is 10.2. The van der Waals surface area contributed by atoms with Crippen LogP contribution in [-0.2, 0) is 0 Å². The number of halogens is 5. The SMILES string of the molecule is O=[N+]([O-])C(=C(Cl)Cl)C(Cl)=C(Cl)Cl. The van der Waals surface area contributed by atoms with Crippen LogP contribution < -0.4 is 0 Å². The molecule has 68 valence electrons. The molecule has 0 aliphatic heterocycles. The highest BCUT2D eigenvalue weighted by Gasteiger charge is 2.22. The van der Waals surface area contributed by atoms with Crippen LogP contribution in [-0.4, -0.2) is 4.92 Å². The van der Waals surface area contributed by atoms with Gasteiger partial charge in [-0.3, -0.25) is 10.1 Å². The lowest BCUT2D eigenvalue weighted by Gasteiger charge is -1.95. The lowest BCUT2D eigenvalue weighted by Crippen LogP contribution is -1.99. The van der Waals surface area contributed by atoms with Crippen LogP contribution in [0.5, 0.6) is 0 Å². The van der Waals surface area contributed by atoms with E-state index in [0.29, 0.717) is 0 Å². The molecule has 12 heavy (non-hydrogen) atoms. The van der Waals surface area contributed by atoms with Crippen molar-refractivity contribution >= 4 is 58.0 Å². The fraction of sp³-hybridized carbons (Fsp3) is 0. The van der Waals surface area contributed by atoms with Crippen molar-refractivity contribution in [1.29, 1.82) is 0 Å². The molecule has 0 spiro atoms. The highest BCUT2D eigenvalue weighted by molar-refractivity contribution is 6.61. The van der Waals surface area contributed by atoms with Crippen molar-refractivity contribution in [2.24, 2.45) is 0 Å². The van der Waals surface area contributed by atoms with Gasteiger partial charge in [-0.15, -0.1) is 0 Å². The summed E-state index contributed by atoms with van der Waals surface area (Å²) in [6, 6.07) is 0. The predicted molar refractivity (Wildman–Crippen MR) is 50.3 cm³/mol. The normalized spacial score (nSPS) is 9.08. The van der Waals surface area contributed by atoms with E-state index in [1.165, 1.54) is 0 Å². The van der Waals surface area contributed by atoms with Crippen LogP contribution in [0.1, 0.15) is 0 Å². The first-order valence-corrected chi connectivity index (χ1v) is 4.17. The van der Waals surface area contributed by atoms with Crippen LogP contribution in [0.4, 0.5) is 0 Å². The van der Waals surface area contributed by atoms with E-state index in [4.69, 9.17) is 58.0 Å². The van der Waals surface area contributed by atoms with Crippen LogP contribution >= 0.6 is 58.0 Å². The first-order valence-electron chi connectivity index (χ1n) is 2.28. The van der Waals surface area contributed by atoms with Gasteiger partial charge in [0, 0.05) is 0 Å². The van der Waals surface area contributed by atoms with Crippen LogP contribution in [0.15, 0.2) is 19.7 Å². The quantitative estimate of drug-likeness (QED) is 0.435. The van der Waals surface area contributed by atoms with E-state index in [-0.39, 0.29) is 0 Å². The zero-order valence-corrected chi connectivity index (χ0v) is 8.93. The standard InChI is InChI=1S/C4Cl5NO2/c5-1(3(6)7)2(4(8)9)10(11)12. The number of rotatable bonds is 2. The third-order valence-electron chi connectivity index (χ3n) is 0.735. The summed E-state index contributed by atoms with van der Waals surface area (Å²) in [6.45, 7) is 0. The van der Waals surface area contributed by atoms with E-state index in [2.05, 4.69) is 0 Å². The summed E-state index contributed by atoms with van der Waals surface area (Å²) in [6.07, 6.45) is 0. The number of allylic oxidation sites excluding steroid dienone is 1. The highest BCUT2D eigenvalue weighted by Crippen LogP contribution is 2.30. The molecule has 0 aliphatic rings. The fourth-order valence-electron chi connectivity index (χ4n) is 0.322. The molecular formula is C4Cl5NO2. The molecule has 8 heteroatoms. The molecular weight excluding hydrogens is 271 g/mol. The third-order valence-corrected chi connectivity index (χ3v) is 2.03. The monoisotopic (exact) mass is 269 g/mol. The largest absolute Gasteiger partial charge is 0.320 e. The van der Waals surface area contributed by atoms with Crippen LogP contribution in [0.3, 0.4) is 0 Å². The molecule has 0 aromatic carbocycles. The van der Waals surface area contributed by atoms with E-state index in [9.17, 15) is 10.1 Å². The average Bonchev–Trinajstić information content (AvgIpc) is 1.85. The van der Waals surface area contributed by atoms with Crippen molar-refractivity contribution < 1.29 is 4.92 Å². The molecule has 0 saturated carbocycles. The Labute approximate surface area is 92.6 Å². The second-order valence-electron chi connectivity index (χ2n) is 1.44. The van der Waals surface area contributed by atoms with E-state index in [0.717, 1.165) is 0 Å². The molecule has 0 heterocycles. The second-order valence-corrected chi connectivity index (χ2v) is 3.72. The predicted octanol–water partition coefficient (Wildman–Crippen LogP) is 3.80. The maximum atomic E-state index is 10.2. The van der Waals surface area contributed by atoms with Crippen LogP contribution in [0.2, 0.25) is 0 Å². The summed E-state index contributed by atoms with van der Waals surface area (Å²) in [5.41, 5.74) is -0.722. The lowest BCUT2D eigenvalue weighted by atomic mass is 10.5. The van der Waals surface area contributed by atoms with Crippen molar-refractivity contribution in [2.75, 3.05) is 0 Å². The molecule has 0 unspecified atom stereocenters. The van der Waals surface area contributed by atoms with Gasteiger partial charge in [0.1, 0.15) is 4.49 Å². The molecule has 0 N–H and O–H groups in total. The number of hydrogen-bond acceptors (Lipinski definition) is 2. The van der Waals surface area contributed by atoms with Crippen molar-refractivity contribution in [1.82, 2.24) is 0 Å². The topological polar surface area (TPSA) is 43.1 Å². The number of hydrogen-bond donors (Lipinski definition) is 0. The van der Waals surface area contributed by atoms with Crippen molar-refractivity contribution in [2.45, 2.75) is 0 Å². The molecule has 0 amide bonds. The average molecular weight is 271 g/mol. The highest BCUT2D eigenvalue weighted by atomic mass is 35.5. The molecule has 0 aliphatic carbocycles. The Morgan fingerprint density at radius 1 is 1.00 bits per heavy atom. The van der Waals surface area contributed by atoms with Gasteiger partial charge in [-0.1, -0.05) is 58.0 Å². The Bertz CT molecular complexity index is 263. The zero-order valence-electron chi connectivity index (χ0n) is 5.15. The van der Waals surface area contributed by atoms with Gasteiger partial charge in [0.25, 0.3) is 0 Å². The summed E-state index contributed by atoms with van der Waals surface area (Å²) < 4.78 is -1.08. The van der Waals surface area contributed by atoms with E-state index >= 15 is 0 Å². The maximum Gasteiger partial charge on any atom is 0.320 e. The summed E-state index contributed by atoms with van der Waals surface area (Å²) in [5, 5.41) is 9.73. The van der Waals surface area contributed by atoms with Gasteiger partial charge in [0.15, 0.2) is 9.52 Å². The molecule has 0 fully saturated rings. The Kier molecular flexibility index (Phi) is 5.29. The Morgan fingerprint density at radius 2 is 1.42 bits per heavy atom. The summed E-state index contributed by atoms with van der Waals surface area (Å²) in [5.74, 6) is 0. The molecule has 0 rings (SSSR count). The van der Waals surface area contributed by atoms with Crippen LogP contribution in [0.25, 0.3) is 0 Å². The van der Waals surface area contributed by atoms with Gasteiger partial charge >= 0.3 is 5.70 Å². The minimum absolute atomic E-state index is 0.470. The molecule has 0 saturated heterocycles. The fourth-order valence-corrected chi connectivity index (χ4v) is 1.09. The zero-order chi connectivity index (χ0) is 9.89. The summed E-state index contributed by atoms with van der Waals surface area (Å²) in [7, 11) is 0. The Balaban J connectivity index is 5.21. The third kappa shape index (κ3) is 3.37. The minimum Gasteiger partial charge on any atom is -0.258 e. The van der Waals surface area contributed by atoms with Gasteiger partial charge in [0.05, 0.1) is 4.92 Å². The molecule has 3 nitrogen and oxygen atoms in total. The van der Waals surface area contributed by atoms with Gasteiger partial charge in [-0.25, -0.2) is 0 Å². The number of nitrogens with zero attached hydrogens (tertiary/aromatic N) is 1. The summed E-state index contributed by atoms with van der Waals surface area (Å²) in [4.78, 5) is 9.34. The first kappa shape index (κ1) is 12.3. The summed E-state index contributed by atoms with van der Waals surface area (Å²) >= 11 is 25.9. The molecule has 0 aromatic heterocycles. The van der Waals surface area contributed by atoms with Gasteiger partial charge < -0.3 is 0 Å². The van der Waals surface area contributed by atoms with Gasteiger partial charge in [-0.2, -0.15) is 0 Å². The first-order chi connectivity index (χ1) is 5.37. The molecule has 0 bridgehead atoms. The smallest absolute Gasteiger partial charge is 0.258 e. The van der Waals surface area contributed by atoms with Crippen molar-refractivity contribution in [3.63, 3.8) is 0 Å². The van der Waals surface area contributed by atoms with E-state index < -0.39 is 24.6 Å². The van der Waals surface area contributed by atoms with Crippen molar-refractivity contribution in [3.05, 3.63) is 29.8 Å². The van der Waals surface area contributed by atoms with E-state index in [1.54, 1.807) is 0 Å². The lowest BCUT2D eigenvalue weighted by molar-refractivity contribution is -0.419. The van der Waals surface area contributed by atoms with Gasteiger partial charge in [0.2, 0.25) is 0 Å². The number of nitro groups is 1. The van der Waals surface area contributed by atoms with Crippen LogP contribution in [0, 0.1) is 10.1 Å². The molecule has 0 atom stereocenters. The molecule has 0 radical (unpaired) electrons. The second kappa shape index (κ2) is 5.14. The van der Waals surface area contributed by atoms with Gasteiger partial charge in [-0.05, 0) is 0 Å². The minimum atomic E-state index is -0.886. The Morgan fingerprint density at radius 3 is 1.50 bits per heavy atom.